The Balaban J connectivity index is 2.12. The summed E-state index contributed by atoms with van der Waals surface area (Å²) in [6.45, 7) is 11.9. The summed E-state index contributed by atoms with van der Waals surface area (Å²) in [4.78, 5) is 4.49. The summed E-state index contributed by atoms with van der Waals surface area (Å²) in [6, 6.07) is 8.23. The minimum absolute atomic E-state index is 0.0458. The predicted molar refractivity (Wildman–Crippen MR) is 96.2 cm³/mol. The van der Waals surface area contributed by atoms with E-state index in [2.05, 4.69) is 72.6 Å². The Hall–Kier alpha value is -2.17. The predicted octanol–water partition coefficient (Wildman–Crippen LogP) is 4.37. The van der Waals surface area contributed by atoms with E-state index in [9.17, 15) is 0 Å². The van der Waals surface area contributed by atoms with Crippen LogP contribution in [0.3, 0.4) is 0 Å². The molecule has 124 valence electrons. The van der Waals surface area contributed by atoms with E-state index in [0.29, 0.717) is 11.9 Å². The summed E-state index contributed by atoms with van der Waals surface area (Å²) in [6.07, 6.45) is 2.75. The molecule has 1 aromatic carbocycles. The molecule has 2 aromatic rings. The second-order valence-electron chi connectivity index (χ2n) is 7.20. The first-order chi connectivity index (χ1) is 10.9. The maximum absolute atomic E-state index is 4.49. The summed E-state index contributed by atoms with van der Waals surface area (Å²) < 4.78 is 0. The van der Waals surface area contributed by atoms with Crippen molar-refractivity contribution < 1.29 is 0 Å². The lowest BCUT2D eigenvalue weighted by Crippen LogP contribution is -2.14. The highest BCUT2D eigenvalue weighted by atomic mass is 15.3. The van der Waals surface area contributed by atoms with Crippen LogP contribution in [0.4, 0.5) is 17.5 Å². The van der Waals surface area contributed by atoms with Gasteiger partial charge in [-0.25, -0.2) is 0 Å². The molecule has 0 amide bonds. The van der Waals surface area contributed by atoms with Gasteiger partial charge in [-0.2, -0.15) is 10.1 Å². The van der Waals surface area contributed by atoms with Crippen LogP contribution in [0.15, 0.2) is 30.5 Å². The molecule has 0 unspecified atom stereocenters. The Morgan fingerprint density at radius 1 is 1.13 bits per heavy atom. The van der Waals surface area contributed by atoms with E-state index in [-0.39, 0.29) is 5.41 Å². The number of anilines is 3. The number of hydrogen-bond acceptors (Lipinski definition) is 5. The molecule has 0 aliphatic rings. The van der Waals surface area contributed by atoms with Crippen LogP contribution in [0.25, 0.3) is 0 Å². The van der Waals surface area contributed by atoms with Gasteiger partial charge in [0.2, 0.25) is 5.95 Å². The highest BCUT2D eigenvalue weighted by Crippen LogP contribution is 2.30. The fourth-order valence-corrected chi connectivity index (χ4v) is 2.30. The van der Waals surface area contributed by atoms with Crippen molar-refractivity contribution in [3.05, 3.63) is 36.0 Å². The monoisotopic (exact) mass is 313 g/mol. The molecule has 0 aliphatic heterocycles. The van der Waals surface area contributed by atoms with Gasteiger partial charge >= 0.3 is 0 Å². The van der Waals surface area contributed by atoms with Gasteiger partial charge in [0.25, 0.3) is 0 Å². The van der Waals surface area contributed by atoms with E-state index >= 15 is 0 Å². The number of nitrogens with zero attached hydrogens (tertiary/aromatic N) is 3. The van der Waals surface area contributed by atoms with Crippen molar-refractivity contribution in [2.75, 3.05) is 17.2 Å². The summed E-state index contributed by atoms with van der Waals surface area (Å²) in [5.74, 6) is 1.92. The van der Waals surface area contributed by atoms with Gasteiger partial charge in [0, 0.05) is 12.2 Å². The van der Waals surface area contributed by atoms with Crippen LogP contribution in [-0.2, 0) is 5.41 Å². The molecular weight excluding hydrogens is 286 g/mol. The zero-order valence-corrected chi connectivity index (χ0v) is 14.7. The van der Waals surface area contributed by atoms with E-state index in [1.54, 1.807) is 6.20 Å². The molecule has 5 heteroatoms. The SMILES string of the molecule is CC(C)CCNc1cnnc(Nc2ccccc2C(C)(C)C)n1. The van der Waals surface area contributed by atoms with E-state index in [1.807, 2.05) is 12.1 Å². The topological polar surface area (TPSA) is 62.7 Å². The van der Waals surface area contributed by atoms with E-state index in [1.165, 1.54) is 5.56 Å². The molecular formula is C18H27N5. The number of benzene rings is 1. The fraction of sp³-hybridized carbons (Fsp3) is 0.500. The second kappa shape index (κ2) is 7.40. The van der Waals surface area contributed by atoms with Gasteiger partial charge in [0.05, 0.1) is 6.20 Å². The molecule has 2 N–H and O–H groups in total. The Morgan fingerprint density at radius 2 is 1.87 bits per heavy atom. The lowest BCUT2D eigenvalue weighted by molar-refractivity contribution is 0.592. The van der Waals surface area contributed by atoms with Gasteiger partial charge in [-0.3, -0.25) is 0 Å². The van der Waals surface area contributed by atoms with Crippen LogP contribution in [-0.4, -0.2) is 21.7 Å². The lowest BCUT2D eigenvalue weighted by Gasteiger charge is -2.22. The van der Waals surface area contributed by atoms with Gasteiger partial charge in [-0.15, -0.1) is 5.10 Å². The minimum atomic E-state index is 0.0458. The molecule has 0 atom stereocenters. The van der Waals surface area contributed by atoms with Gasteiger partial charge in [0.15, 0.2) is 5.82 Å². The first-order valence-electron chi connectivity index (χ1n) is 8.16. The molecule has 0 fully saturated rings. The minimum Gasteiger partial charge on any atom is -0.369 e. The van der Waals surface area contributed by atoms with Crippen molar-refractivity contribution in [3.8, 4) is 0 Å². The summed E-state index contributed by atoms with van der Waals surface area (Å²) >= 11 is 0. The molecule has 2 rings (SSSR count). The first-order valence-corrected chi connectivity index (χ1v) is 8.16. The molecule has 1 aromatic heterocycles. The standard InChI is InChI=1S/C18H27N5/c1-13(2)10-11-19-16-12-20-23-17(22-16)21-15-9-7-6-8-14(15)18(3,4)5/h6-9,12-13H,10-11H2,1-5H3,(H2,19,21,22,23). The summed E-state index contributed by atoms with van der Waals surface area (Å²) in [5.41, 5.74) is 2.28. The molecule has 1 heterocycles. The Labute approximate surface area is 139 Å². The van der Waals surface area contributed by atoms with Gasteiger partial charge in [-0.1, -0.05) is 52.8 Å². The first kappa shape index (κ1) is 17.2. The van der Waals surface area contributed by atoms with Crippen molar-refractivity contribution in [2.24, 2.45) is 5.92 Å². The molecule has 0 saturated carbocycles. The third-order valence-electron chi connectivity index (χ3n) is 3.57. The van der Waals surface area contributed by atoms with Crippen LogP contribution in [0.1, 0.15) is 46.6 Å². The number of para-hydroxylation sites is 1. The molecule has 5 nitrogen and oxygen atoms in total. The van der Waals surface area contributed by atoms with Crippen LogP contribution >= 0.6 is 0 Å². The van der Waals surface area contributed by atoms with Crippen LogP contribution in [0.2, 0.25) is 0 Å². The normalized spacial score (nSPS) is 11.6. The van der Waals surface area contributed by atoms with Crippen LogP contribution < -0.4 is 10.6 Å². The highest BCUT2D eigenvalue weighted by Gasteiger charge is 2.18. The average molecular weight is 313 g/mol. The largest absolute Gasteiger partial charge is 0.369 e. The van der Waals surface area contributed by atoms with Crippen molar-refractivity contribution in [3.63, 3.8) is 0 Å². The average Bonchev–Trinajstić information content (AvgIpc) is 2.47. The van der Waals surface area contributed by atoms with Crippen molar-refractivity contribution >= 4 is 17.5 Å². The lowest BCUT2D eigenvalue weighted by atomic mass is 9.86. The maximum Gasteiger partial charge on any atom is 0.249 e. The maximum atomic E-state index is 4.49. The molecule has 0 spiro atoms. The van der Waals surface area contributed by atoms with E-state index in [0.717, 1.165) is 24.5 Å². The van der Waals surface area contributed by atoms with Gasteiger partial charge < -0.3 is 10.6 Å². The van der Waals surface area contributed by atoms with E-state index in [4.69, 9.17) is 0 Å². The molecule has 0 saturated heterocycles. The zero-order chi connectivity index (χ0) is 16.9. The molecule has 23 heavy (non-hydrogen) atoms. The Kier molecular flexibility index (Phi) is 5.53. The molecule has 0 aliphatic carbocycles. The zero-order valence-electron chi connectivity index (χ0n) is 14.7. The summed E-state index contributed by atoms with van der Waals surface area (Å²) in [5, 5.41) is 14.7. The third-order valence-corrected chi connectivity index (χ3v) is 3.57. The fourth-order valence-electron chi connectivity index (χ4n) is 2.30. The van der Waals surface area contributed by atoms with Crippen molar-refractivity contribution in [1.82, 2.24) is 15.2 Å². The second-order valence-corrected chi connectivity index (χ2v) is 7.20. The Morgan fingerprint density at radius 3 is 2.57 bits per heavy atom. The molecule has 0 bridgehead atoms. The van der Waals surface area contributed by atoms with Crippen molar-refractivity contribution in [1.29, 1.82) is 0 Å². The van der Waals surface area contributed by atoms with Gasteiger partial charge in [-0.05, 0) is 29.4 Å². The van der Waals surface area contributed by atoms with Crippen LogP contribution in [0.5, 0.6) is 0 Å². The third kappa shape index (κ3) is 5.20. The quantitative estimate of drug-likeness (QED) is 0.829. The van der Waals surface area contributed by atoms with Gasteiger partial charge in [0.1, 0.15) is 0 Å². The smallest absolute Gasteiger partial charge is 0.249 e. The number of rotatable bonds is 6. The number of nitrogens with one attached hydrogen (secondary N) is 2. The van der Waals surface area contributed by atoms with Crippen molar-refractivity contribution in [2.45, 2.75) is 46.5 Å². The number of hydrogen-bond donors (Lipinski definition) is 2. The highest BCUT2D eigenvalue weighted by molar-refractivity contribution is 5.60. The number of aromatic nitrogens is 3. The summed E-state index contributed by atoms with van der Waals surface area (Å²) in [7, 11) is 0. The molecule has 0 radical (unpaired) electrons. The Bertz CT molecular complexity index is 631. The van der Waals surface area contributed by atoms with Crippen LogP contribution in [0, 0.1) is 5.92 Å². The van der Waals surface area contributed by atoms with E-state index < -0.39 is 0 Å².